The molecule has 2 rings (SSSR count). The van der Waals surface area contributed by atoms with Gasteiger partial charge in [0.1, 0.15) is 0 Å². The third kappa shape index (κ3) is 2.98. The summed E-state index contributed by atoms with van der Waals surface area (Å²) in [4.78, 5) is 0. The minimum atomic E-state index is -4.47. The molecule has 0 aliphatic rings. The molecule has 0 amide bonds. The second kappa shape index (κ2) is 5.35. The summed E-state index contributed by atoms with van der Waals surface area (Å²) in [7, 11) is 0. The lowest BCUT2D eigenvalue weighted by Gasteiger charge is -2.11. The quantitative estimate of drug-likeness (QED) is 0.908. The zero-order chi connectivity index (χ0) is 14.8. The molecule has 0 aliphatic carbocycles. The third-order valence-electron chi connectivity index (χ3n) is 2.85. The number of halogens is 3. The molecule has 2 nitrogen and oxygen atoms in total. The van der Waals surface area contributed by atoms with Crippen LogP contribution in [-0.2, 0) is 12.8 Å². The largest absolute Gasteiger partial charge is 0.416 e. The van der Waals surface area contributed by atoms with Gasteiger partial charge < -0.3 is 5.11 Å². The number of benzene rings is 2. The first kappa shape index (κ1) is 14.1. The maximum absolute atomic E-state index is 12.8. The summed E-state index contributed by atoms with van der Waals surface area (Å²) in [6, 6.07) is 11.6. The van der Waals surface area contributed by atoms with E-state index in [0.717, 1.165) is 12.1 Å². The zero-order valence-electron chi connectivity index (χ0n) is 10.3. The topological polar surface area (TPSA) is 44.0 Å². The van der Waals surface area contributed by atoms with Crippen molar-refractivity contribution in [2.45, 2.75) is 12.8 Å². The molecule has 2 aromatic rings. The molecule has 0 aliphatic heterocycles. The van der Waals surface area contributed by atoms with Gasteiger partial charge in [-0.25, -0.2) is 0 Å². The smallest absolute Gasteiger partial charge is 0.392 e. The van der Waals surface area contributed by atoms with Crippen LogP contribution in [0.25, 0.3) is 11.1 Å². The van der Waals surface area contributed by atoms with Crippen LogP contribution in [0.2, 0.25) is 0 Å². The molecular weight excluding hydrogens is 267 g/mol. The highest BCUT2D eigenvalue weighted by atomic mass is 19.4. The maximum Gasteiger partial charge on any atom is 0.416 e. The molecule has 0 bridgehead atoms. The van der Waals surface area contributed by atoms with E-state index in [9.17, 15) is 13.2 Å². The van der Waals surface area contributed by atoms with Crippen LogP contribution in [0.1, 0.15) is 16.7 Å². The number of aliphatic hydroxyl groups is 1. The Kier molecular flexibility index (Phi) is 3.77. The highest BCUT2D eigenvalue weighted by Gasteiger charge is 2.31. The Hall–Kier alpha value is -2.32. The van der Waals surface area contributed by atoms with Gasteiger partial charge in [0.15, 0.2) is 0 Å². The van der Waals surface area contributed by atoms with E-state index in [1.165, 1.54) is 18.2 Å². The summed E-state index contributed by atoms with van der Waals surface area (Å²) < 4.78 is 38.4. The molecule has 0 aromatic heterocycles. The van der Waals surface area contributed by atoms with Crippen LogP contribution in [0.15, 0.2) is 42.5 Å². The fourth-order valence-corrected chi connectivity index (χ4v) is 1.85. The van der Waals surface area contributed by atoms with E-state index in [1.54, 1.807) is 12.1 Å². The van der Waals surface area contributed by atoms with Crippen molar-refractivity contribution in [1.82, 2.24) is 0 Å². The van der Waals surface area contributed by atoms with Crippen LogP contribution < -0.4 is 0 Å². The summed E-state index contributed by atoms with van der Waals surface area (Å²) in [6.45, 7) is -0.465. The lowest BCUT2D eigenvalue weighted by Crippen LogP contribution is -2.06. The molecule has 0 radical (unpaired) electrons. The van der Waals surface area contributed by atoms with Gasteiger partial charge in [0.05, 0.1) is 23.8 Å². The molecule has 20 heavy (non-hydrogen) atoms. The zero-order valence-corrected chi connectivity index (χ0v) is 10.3. The van der Waals surface area contributed by atoms with E-state index < -0.39 is 18.3 Å². The van der Waals surface area contributed by atoms with Crippen molar-refractivity contribution in [3.05, 3.63) is 59.2 Å². The van der Waals surface area contributed by atoms with Crippen LogP contribution in [0, 0.1) is 11.3 Å². The third-order valence-corrected chi connectivity index (χ3v) is 2.85. The summed E-state index contributed by atoms with van der Waals surface area (Å²) in [6.07, 6.45) is -4.47. The Morgan fingerprint density at radius 3 is 2.15 bits per heavy atom. The predicted octanol–water partition coefficient (Wildman–Crippen LogP) is 3.74. The Balaban J connectivity index is 2.52. The molecule has 5 heteroatoms. The molecule has 0 saturated carbocycles. The number of aliphatic hydroxyl groups excluding tert-OH is 1. The van der Waals surface area contributed by atoms with Crippen molar-refractivity contribution in [1.29, 1.82) is 5.26 Å². The van der Waals surface area contributed by atoms with E-state index in [2.05, 4.69) is 0 Å². The van der Waals surface area contributed by atoms with Gasteiger partial charge in [0.2, 0.25) is 0 Å². The Morgan fingerprint density at radius 1 is 1.00 bits per heavy atom. The Morgan fingerprint density at radius 2 is 1.65 bits per heavy atom. The standard InChI is InChI=1S/C15H10F3NO/c16-15(17,18)14-6-11(9-20)5-13(7-14)12-3-1-10(8-19)2-4-12/h1-7,20H,9H2. The number of nitrogens with zero attached hydrogens (tertiary/aromatic N) is 1. The van der Waals surface area contributed by atoms with Crippen molar-refractivity contribution < 1.29 is 18.3 Å². The van der Waals surface area contributed by atoms with Gasteiger partial charge in [-0.15, -0.1) is 0 Å². The van der Waals surface area contributed by atoms with E-state index in [-0.39, 0.29) is 5.56 Å². The average Bonchev–Trinajstić information content (AvgIpc) is 2.46. The van der Waals surface area contributed by atoms with E-state index in [1.807, 2.05) is 6.07 Å². The van der Waals surface area contributed by atoms with Crippen LogP contribution >= 0.6 is 0 Å². The molecule has 0 atom stereocenters. The SMILES string of the molecule is N#Cc1ccc(-c2cc(CO)cc(C(F)(F)F)c2)cc1. The van der Waals surface area contributed by atoms with Crippen LogP contribution in [-0.4, -0.2) is 5.11 Å². The summed E-state index contributed by atoms with van der Waals surface area (Å²) in [5, 5.41) is 17.8. The van der Waals surface area contributed by atoms with Gasteiger partial charge in [0, 0.05) is 0 Å². The normalized spacial score (nSPS) is 11.2. The van der Waals surface area contributed by atoms with Crippen molar-refractivity contribution >= 4 is 0 Å². The molecule has 0 saturated heterocycles. The lowest BCUT2D eigenvalue weighted by atomic mass is 9.99. The fraction of sp³-hybridized carbons (Fsp3) is 0.133. The average molecular weight is 277 g/mol. The number of nitriles is 1. The Bertz CT molecular complexity index is 654. The minimum Gasteiger partial charge on any atom is -0.392 e. The number of hydrogen-bond acceptors (Lipinski definition) is 2. The summed E-state index contributed by atoms with van der Waals surface area (Å²) >= 11 is 0. The molecule has 0 heterocycles. The molecule has 1 N–H and O–H groups in total. The number of hydrogen-bond donors (Lipinski definition) is 1. The van der Waals surface area contributed by atoms with Gasteiger partial charge in [0.25, 0.3) is 0 Å². The van der Waals surface area contributed by atoms with Crippen molar-refractivity contribution in [2.24, 2.45) is 0 Å². The monoisotopic (exact) mass is 277 g/mol. The highest BCUT2D eigenvalue weighted by Crippen LogP contribution is 2.33. The molecule has 0 fully saturated rings. The Labute approximate surface area is 113 Å². The number of alkyl halides is 3. The molecular formula is C15H10F3NO. The lowest BCUT2D eigenvalue weighted by molar-refractivity contribution is -0.137. The highest BCUT2D eigenvalue weighted by molar-refractivity contribution is 5.66. The first-order valence-corrected chi connectivity index (χ1v) is 5.76. The molecule has 2 aromatic carbocycles. The van der Waals surface area contributed by atoms with E-state index >= 15 is 0 Å². The first-order valence-electron chi connectivity index (χ1n) is 5.76. The van der Waals surface area contributed by atoms with Gasteiger partial charge in [-0.2, -0.15) is 18.4 Å². The van der Waals surface area contributed by atoms with Crippen molar-refractivity contribution in [3.8, 4) is 17.2 Å². The summed E-state index contributed by atoms with van der Waals surface area (Å²) in [5.74, 6) is 0. The second-order valence-electron chi connectivity index (χ2n) is 4.26. The molecule has 102 valence electrons. The summed E-state index contributed by atoms with van der Waals surface area (Å²) in [5.41, 5.74) is 0.740. The maximum atomic E-state index is 12.8. The molecule has 0 spiro atoms. The van der Waals surface area contributed by atoms with Crippen LogP contribution in [0.4, 0.5) is 13.2 Å². The van der Waals surface area contributed by atoms with E-state index in [0.29, 0.717) is 16.7 Å². The van der Waals surface area contributed by atoms with Gasteiger partial charge in [-0.3, -0.25) is 0 Å². The van der Waals surface area contributed by atoms with Crippen LogP contribution in [0.3, 0.4) is 0 Å². The second-order valence-corrected chi connectivity index (χ2v) is 4.26. The molecule has 0 unspecified atom stereocenters. The van der Waals surface area contributed by atoms with Crippen molar-refractivity contribution in [3.63, 3.8) is 0 Å². The van der Waals surface area contributed by atoms with Gasteiger partial charge in [-0.05, 0) is 47.0 Å². The minimum absolute atomic E-state index is 0.194. The van der Waals surface area contributed by atoms with E-state index in [4.69, 9.17) is 10.4 Å². The first-order chi connectivity index (χ1) is 9.44. The van der Waals surface area contributed by atoms with Gasteiger partial charge in [-0.1, -0.05) is 12.1 Å². The fourth-order valence-electron chi connectivity index (χ4n) is 1.85. The predicted molar refractivity (Wildman–Crippen MR) is 67.5 cm³/mol. The van der Waals surface area contributed by atoms with Crippen LogP contribution in [0.5, 0.6) is 0 Å². The number of rotatable bonds is 2. The van der Waals surface area contributed by atoms with Crippen molar-refractivity contribution in [2.75, 3.05) is 0 Å². The van der Waals surface area contributed by atoms with Gasteiger partial charge >= 0.3 is 6.18 Å².